The van der Waals surface area contributed by atoms with Crippen LogP contribution in [-0.2, 0) is 17.5 Å². The van der Waals surface area contributed by atoms with Crippen molar-refractivity contribution in [3.8, 4) is 0 Å². The van der Waals surface area contributed by atoms with Crippen LogP contribution in [0.3, 0.4) is 0 Å². The molecule has 1 heterocycles. The third-order valence-electron chi connectivity index (χ3n) is 4.53. The topological polar surface area (TPSA) is 38.1 Å². The third-order valence-corrected chi connectivity index (χ3v) is 4.53. The Morgan fingerprint density at radius 1 is 1.15 bits per heavy atom. The number of para-hydroxylation sites is 2. The van der Waals surface area contributed by atoms with Crippen LogP contribution in [0.1, 0.15) is 24.4 Å². The Balaban J connectivity index is 1.90. The molecule has 0 aliphatic heterocycles. The van der Waals surface area contributed by atoms with Gasteiger partial charge in [-0.3, -0.25) is 4.79 Å². The Kier molecular flexibility index (Phi) is 4.91. The average molecular weight is 379 g/mol. The second kappa shape index (κ2) is 7.02. The fourth-order valence-electron chi connectivity index (χ4n) is 2.88. The highest BCUT2D eigenvalue weighted by atomic mass is 19.4. The van der Waals surface area contributed by atoms with E-state index in [1.807, 2.05) is 0 Å². The van der Waals surface area contributed by atoms with Crippen molar-refractivity contribution in [2.45, 2.75) is 25.7 Å². The smallest absolute Gasteiger partial charge is 0.337 e. The normalized spacial score (nSPS) is 13.0. The molecule has 1 atom stereocenters. The third kappa shape index (κ3) is 3.79. The number of amides is 1. The second-order valence-corrected chi connectivity index (χ2v) is 6.24. The zero-order chi connectivity index (χ0) is 19.8. The summed E-state index contributed by atoms with van der Waals surface area (Å²) in [5.41, 5.74) is 1.09. The van der Waals surface area contributed by atoms with Crippen molar-refractivity contribution in [2.75, 3.05) is 7.05 Å². The summed E-state index contributed by atoms with van der Waals surface area (Å²) in [4.78, 5) is 17.6. The van der Waals surface area contributed by atoms with Gasteiger partial charge in [-0.05, 0) is 36.8 Å². The zero-order valence-corrected chi connectivity index (χ0v) is 14.7. The van der Waals surface area contributed by atoms with E-state index in [4.69, 9.17) is 0 Å². The molecule has 0 fully saturated rings. The van der Waals surface area contributed by atoms with Gasteiger partial charge in [0, 0.05) is 7.05 Å². The van der Waals surface area contributed by atoms with Crippen molar-refractivity contribution >= 4 is 16.9 Å². The van der Waals surface area contributed by atoms with Crippen LogP contribution in [0.15, 0.2) is 48.5 Å². The number of hydrogen-bond donors (Lipinski definition) is 0. The van der Waals surface area contributed by atoms with E-state index in [1.165, 1.54) is 48.3 Å². The SMILES string of the molecule is C[C@H](c1ccc(F)cc1)N(C)C(=O)Cn1c(C(F)(F)F)nc2ccccc21. The maximum atomic E-state index is 13.4. The van der Waals surface area contributed by atoms with Crippen LogP contribution < -0.4 is 0 Å². The Morgan fingerprint density at radius 2 is 1.78 bits per heavy atom. The first-order valence-electron chi connectivity index (χ1n) is 8.22. The Hall–Kier alpha value is -2.90. The van der Waals surface area contributed by atoms with Crippen LogP contribution in [0.2, 0.25) is 0 Å². The zero-order valence-electron chi connectivity index (χ0n) is 14.7. The largest absolute Gasteiger partial charge is 0.449 e. The molecule has 8 heteroatoms. The molecular formula is C19H17F4N3O. The lowest BCUT2D eigenvalue weighted by atomic mass is 10.1. The molecule has 1 aromatic heterocycles. The molecule has 0 saturated carbocycles. The summed E-state index contributed by atoms with van der Waals surface area (Å²) in [6.45, 7) is 1.22. The number of fused-ring (bicyclic) bond motifs is 1. The van der Waals surface area contributed by atoms with Crippen LogP contribution in [0.4, 0.5) is 17.6 Å². The summed E-state index contributed by atoms with van der Waals surface area (Å²) in [5, 5.41) is 0. The van der Waals surface area contributed by atoms with E-state index in [9.17, 15) is 22.4 Å². The molecule has 0 radical (unpaired) electrons. The van der Waals surface area contributed by atoms with Crippen molar-refractivity contribution in [1.82, 2.24) is 14.5 Å². The average Bonchev–Trinajstić information content (AvgIpc) is 3.00. The molecular weight excluding hydrogens is 362 g/mol. The molecule has 4 nitrogen and oxygen atoms in total. The van der Waals surface area contributed by atoms with Crippen LogP contribution in [-0.4, -0.2) is 27.4 Å². The number of halogens is 4. The van der Waals surface area contributed by atoms with Crippen LogP contribution in [0.25, 0.3) is 11.0 Å². The van der Waals surface area contributed by atoms with Gasteiger partial charge in [-0.25, -0.2) is 9.37 Å². The maximum Gasteiger partial charge on any atom is 0.449 e. The van der Waals surface area contributed by atoms with E-state index in [1.54, 1.807) is 19.1 Å². The Morgan fingerprint density at radius 3 is 2.41 bits per heavy atom. The standard InChI is InChI=1S/C19H17F4N3O/c1-12(13-7-9-14(20)10-8-13)25(2)17(27)11-26-16-6-4-3-5-15(16)24-18(26)19(21,22)23/h3-10,12H,11H2,1-2H3/t12-/m1/s1. The van der Waals surface area contributed by atoms with E-state index < -0.39 is 36.3 Å². The molecule has 0 saturated heterocycles. The number of aromatic nitrogens is 2. The number of alkyl halides is 3. The van der Waals surface area contributed by atoms with Gasteiger partial charge in [0.15, 0.2) is 0 Å². The minimum atomic E-state index is -4.68. The van der Waals surface area contributed by atoms with Gasteiger partial charge >= 0.3 is 6.18 Å². The summed E-state index contributed by atoms with van der Waals surface area (Å²) >= 11 is 0. The number of imidazole rings is 1. The fraction of sp³-hybridized carbons (Fsp3) is 0.263. The highest BCUT2D eigenvalue weighted by Gasteiger charge is 2.38. The predicted octanol–water partition coefficient (Wildman–Crippen LogP) is 4.41. The molecule has 3 aromatic rings. The molecule has 3 rings (SSSR count). The molecule has 0 aliphatic rings. The molecule has 27 heavy (non-hydrogen) atoms. The Bertz CT molecular complexity index is 963. The molecule has 0 unspecified atom stereocenters. The molecule has 0 N–H and O–H groups in total. The maximum absolute atomic E-state index is 13.4. The van der Waals surface area contributed by atoms with Gasteiger partial charge in [-0.15, -0.1) is 0 Å². The van der Waals surface area contributed by atoms with Gasteiger partial charge in [-0.1, -0.05) is 24.3 Å². The van der Waals surface area contributed by atoms with Gasteiger partial charge in [0.25, 0.3) is 0 Å². The van der Waals surface area contributed by atoms with Crippen molar-refractivity contribution in [3.63, 3.8) is 0 Å². The van der Waals surface area contributed by atoms with E-state index in [0.29, 0.717) is 5.56 Å². The summed E-state index contributed by atoms with van der Waals surface area (Å²) in [7, 11) is 1.50. The first-order chi connectivity index (χ1) is 12.7. The van der Waals surface area contributed by atoms with Gasteiger partial charge in [0.05, 0.1) is 17.1 Å². The minimum absolute atomic E-state index is 0.173. The number of hydrogen-bond acceptors (Lipinski definition) is 2. The highest BCUT2D eigenvalue weighted by Crippen LogP contribution is 2.31. The lowest BCUT2D eigenvalue weighted by molar-refractivity contribution is -0.148. The molecule has 2 aromatic carbocycles. The lowest BCUT2D eigenvalue weighted by Crippen LogP contribution is -2.33. The summed E-state index contributed by atoms with van der Waals surface area (Å²) in [5.74, 6) is -2.03. The van der Waals surface area contributed by atoms with Crippen LogP contribution in [0, 0.1) is 5.82 Å². The fourth-order valence-corrected chi connectivity index (χ4v) is 2.88. The summed E-state index contributed by atoms with van der Waals surface area (Å²) in [6, 6.07) is 11.3. The number of nitrogens with zero attached hydrogens (tertiary/aromatic N) is 3. The first kappa shape index (κ1) is 18.9. The second-order valence-electron chi connectivity index (χ2n) is 6.24. The van der Waals surface area contributed by atoms with E-state index in [-0.39, 0.29) is 11.0 Å². The molecule has 142 valence electrons. The number of rotatable bonds is 4. The van der Waals surface area contributed by atoms with Gasteiger partial charge in [0.2, 0.25) is 11.7 Å². The molecule has 1 amide bonds. The molecule has 0 aliphatic carbocycles. The number of likely N-dealkylation sites (N-methyl/N-ethyl adjacent to an activating group) is 1. The predicted molar refractivity (Wildman–Crippen MR) is 92.3 cm³/mol. The molecule has 0 spiro atoms. The minimum Gasteiger partial charge on any atom is -0.337 e. The lowest BCUT2D eigenvalue weighted by Gasteiger charge is -2.26. The van der Waals surface area contributed by atoms with E-state index in [2.05, 4.69) is 4.98 Å². The van der Waals surface area contributed by atoms with E-state index >= 15 is 0 Å². The number of carbonyl (C=O) groups is 1. The van der Waals surface area contributed by atoms with E-state index in [0.717, 1.165) is 4.57 Å². The number of carbonyl (C=O) groups excluding carboxylic acids is 1. The Labute approximate surface area is 153 Å². The quantitative estimate of drug-likeness (QED) is 0.630. The monoisotopic (exact) mass is 379 g/mol. The van der Waals surface area contributed by atoms with Crippen LogP contribution >= 0.6 is 0 Å². The number of benzene rings is 2. The van der Waals surface area contributed by atoms with Crippen molar-refractivity contribution in [1.29, 1.82) is 0 Å². The van der Waals surface area contributed by atoms with Gasteiger partial charge in [-0.2, -0.15) is 13.2 Å². The van der Waals surface area contributed by atoms with Crippen molar-refractivity contribution in [2.24, 2.45) is 0 Å². The summed E-state index contributed by atoms with van der Waals surface area (Å²) < 4.78 is 54.0. The van der Waals surface area contributed by atoms with Crippen LogP contribution in [0.5, 0.6) is 0 Å². The van der Waals surface area contributed by atoms with Gasteiger partial charge in [0.1, 0.15) is 12.4 Å². The highest BCUT2D eigenvalue weighted by molar-refractivity contribution is 5.81. The first-order valence-corrected chi connectivity index (χ1v) is 8.22. The van der Waals surface area contributed by atoms with Crippen molar-refractivity contribution in [3.05, 3.63) is 65.7 Å². The van der Waals surface area contributed by atoms with Crippen molar-refractivity contribution < 1.29 is 22.4 Å². The molecule has 0 bridgehead atoms. The van der Waals surface area contributed by atoms with Gasteiger partial charge < -0.3 is 9.47 Å². The summed E-state index contributed by atoms with van der Waals surface area (Å²) in [6.07, 6.45) is -4.68.